The lowest BCUT2D eigenvalue weighted by Gasteiger charge is -2.44. The average Bonchev–Trinajstić information content (AvgIpc) is 0.669. The van der Waals surface area contributed by atoms with Crippen LogP contribution in [-0.2, 0) is 0 Å². The summed E-state index contributed by atoms with van der Waals surface area (Å²) in [6.45, 7) is 6.82. The predicted molar refractivity (Wildman–Crippen MR) is 350 cm³/mol. The van der Waals surface area contributed by atoms with Gasteiger partial charge in [0.2, 0.25) is 6.71 Å². The van der Waals surface area contributed by atoms with Crippen molar-refractivity contribution in [1.29, 1.82) is 0 Å². The molecule has 0 spiro atoms. The Hall–Kier alpha value is -9.45. The van der Waals surface area contributed by atoms with E-state index < -0.39 is 369 Å². The average molecular weight is 1100 g/mol. The first kappa shape index (κ1) is 23.6. The highest BCUT2D eigenvalue weighted by Gasteiger charge is 2.46. The van der Waals surface area contributed by atoms with Crippen molar-refractivity contribution in [1.82, 2.24) is 0 Å². The second kappa shape index (κ2) is 20.9. The van der Waals surface area contributed by atoms with Crippen LogP contribution in [0.4, 0.5) is 68.2 Å². The van der Waals surface area contributed by atoms with Gasteiger partial charge in [-0.3, -0.25) is 0 Å². The normalized spacial score (nSPS) is 19.7. The van der Waals surface area contributed by atoms with E-state index in [0.29, 0.717) is 36.3 Å². The molecule has 0 fully saturated rings. The van der Waals surface area contributed by atoms with Crippen LogP contribution in [0.15, 0.2) is 260 Å². The lowest BCUT2D eigenvalue weighted by molar-refractivity contribution is 0.487. The zero-order chi connectivity index (χ0) is 90.4. The maximum Gasteiger partial charge on any atom is 0.256 e. The lowest BCUT2D eigenvalue weighted by Crippen LogP contribution is -2.63. The van der Waals surface area contributed by atoms with Crippen LogP contribution in [0.1, 0.15) is 131 Å². The molecule has 3 aliphatic heterocycles. The highest BCUT2D eigenvalue weighted by molar-refractivity contribution is 7.01. The van der Waals surface area contributed by atoms with Gasteiger partial charge in [-0.05, 0) is 164 Å². The standard InChI is InChI=1S/C75H64B2N4O/c1-50(2)53-43-62(51(3)4)74(63(44-53)52(5)6)76-64-42-41-60(78(54-27-13-7-14-28-54)55-29-15-8-16-30-55)45-68(64)80(58-35-21-11-22-36-58)69-49-70-67(48-66(69)76)77-65-39-25-26-40-72(65)82-73-47-61(46-71(75(73)77)81(70)59-37-23-12-24-38-59)79(56-31-17-9-18-32-56)57-33-19-10-20-34-57/h7-52H,1-6H3/i7D,8D,9D,10D,11D,12D,13D,14D,15D,16D,17D,18D,19D,20D,21D,22D,23D,24D,25D,26D,27D,28D,29D,30D,31D,32D,33D,34D,35D,36D,37D,38D,39D,40D,41D,42D,45D,46D,47D,49D. The van der Waals surface area contributed by atoms with Crippen molar-refractivity contribution in [3.05, 3.63) is 277 Å². The second-order valence-electron chi connectivity index (χ2n) is 20.0. The first-order chi connectivity index (χ1) is 56.8. The summed E-state index contributed by atoms with van der Waals surface area (Å²) >= 11 is 0. The Kier molecular flexibility index (Phi) is 6.00. The predicted octanol–water partition coefficient (Wildman–Crippen LogP) is 16.7. The fraction of sp³-hybridized carbons (Fsp3) is 0.120. The molecule has 0 saturated heterocycles. The van der Waals surface area contributed by atoms with Crippen LogP contribution < -0.4 is 57.1 Å². The van der Waals surface area contributed by atoms with Gasteiger partial charge in [-0.1, -0.05) is 198 Å². The van der Waals surface area contributed by atoms with Gasteiger partial charge in [0.25, 0.3) is 6.71 Å². The number of ether oxygens (including phenoxy) is 1. The van der Waals surface area contributed by atoms with E-state index in [0.717, 1.165) is 0 Å². The minimum atomic E-state index is -2.15. The van der Waals surface area contributed by atoms with Crippen LogP contribution >= 0.6 is 0 Å². The van der Waals surface area contributed by atoms with Gasteiger partial charge in [0.05, 0.1) is 60.5 Å². The quantitative estimate of drug-likeness (QED) is 0.113. The molecule has 0 amide bonds. The molecule has 0 N–H and O–H groups in total. The molecular formula is C75H64B2N4O. The molecule has 3 heterocycles. The van der Waals surface area contributed by atoms with Crippen LogP contribution in [0.5, 0.6) is 11.5 Å². The number of rotatable bonds is 12. The Morgan fingerprint density at radius 3 is 1.24 bits per heavy atom. The summed E-state index contributed by atoms with van der Waals surface area (Å²) < 4.78 is 391. The maximum absolute atomic E-state index is 11.8. The Balaban J connectivity index is 1.32. The van der Waals surface area contributed by atoms with Crippen LogP contribution in [0.25, 0.3) is 0 Å². The molecule has 0 radical (unpaired) electrons. The third-order valence-electron chi connectivity index (χ3n) is 14.3. The monoisotopic (exact) mass is 1100 g/mol. The molecule has 0 aromatic heterocycles. The Morgan fingerprint density at radius 1 is 0.341 bits per heavy atom. The second-order valence-corrected chi connectivity index (χ2v) is 20.0. The fourth-order valence-electron chi connectivity index (χ4n) is 10.8. The van der Waals surface area contributed by atoms with Gasteiger partial charge in [-0.25, -0.2) is 0 Å². The van der Waals surface area contributed by atoms with E-state index >= 15 is 0 Å². The van der Waals surface area contributed by atoms with Crippen molar-refractivity contribution in [2.75, 3.05) is 19.6 Å². The van der Waals surface area contributed by atoms with E-state index in [1.165, 1.54) is 6.07 Å². The topological polar surface area (TPSA) is 22.2 Å². The molecule has 0 saturated carbocycles. The molecule has 14 rings (SSSR count). The first-order valence-corrected chi connectivity index (χ1v) is 25.9. The van der Waals surface area contributed by atoms with Crippen molar-refractivity contribution >= 4 is 114 Å². The van der Waals surface area contributed by atoms with E-state index in [1.54, 1.807) is 27.7 Å². The van der Waals surface area contributed by atoms with Crippen molar-refractivity contribution in [3.63, 3.8) is 0 Å². The molecule has 11 aromatic rings. The maximum atomic E-state index is 11.8. The number of anilines is 12. The van der Waals surface area contributed by atoms with Gasteiger partial charge in [0.15, 0.2) is 0 Å². The van der Waals surface area contributed by atoms with Gasteiger partial charge in [0.1, 0.15) is 11.5 Å². The van der Waals surface area contributed by atoms with E-state index in [2.05, 4.69) is 0 Å². The summed E-state index contributed by atoms with van der Waals surface area (Å²) in [4.78, 5) is 2.08. The summed E-state index contributed by atoms with van der Waals surface area (Å²) in [5.74, 6) is -3.42. The fourth-order valence-corrected chi connectivity index (χ4v) is 10.8. The molecule has 5 nitrogen and oxygen atoms in total. The van der Waals surface area contributed by atoms with Gasteiger partial charge in [-0.15, -0.1) is 0 Å². The molecule has 3 aliphatic rings. The highest BCUT2D eigenvalue weighted by atomic mass is 16.5. The summed E-state index contributed by atoms with van der Waals surface area (Å²) in [7, 11) is 0. The van der Waals surface area contributed by atoms with Gasteiger partial charge in [-0.2, -0.15) is 0 Å². The lowest BCUT2D eigenvalue weighted by atomic mass is 9.30. The summed E-state index contributed by atoms with van der Waals surface area (Å²) in [6.07, 6.45) is 0. The Morgan fingerprint density at radius 2 is 0.756 bits per heavy atom. The number of benzene rings is 11. The van der Waals surface area contributed by atoms with Crippen molar-refractivity contribution in [2.24, 2.45) is 0 Å². The highest BCUT2D eigenvalue weighted by Crippen LogP contribution is 2.49. The van der Waals surface area contributed by atoms with Gasteiger partial charge in [0, 0.05) is 68.6 Å². The van der Waals surface area contributed by atoms with E-state index in [9.17, 15) is 35.6 Å². The molecule has 0 unspecified atom stereocenters. The molecular weight excluding hydrogens is 994 g/mol. The molecule has 396 valence electrons. The number of hydrogen-bond donors (Lipinski definition) is 0. The summed E-state index contributed by atoms with van der Waals surface area (Å²) in [5.41, 5.74) is -13.9. The third-order valence-corrected chi connectivity index (χ3v) is 14.3. The van der Waals surface area contributed by atoms with E-state index in [4.69, 9.17) is 23.9 Å². The zero-order valence-corrected chi connectivity index (χ0v) is 44.3. The first-order valence-electron chi connectivity index (χ1n) is 45.9. The molecule has 11 aromatic carbocycles. The largest absolute Gasteiger partial charge is 0.458 e. The number of fused-ring (bicyclic) bond motifs is 6. The Labute approximate surface area is 540 Å². The van der Waals surface area contributed by atoms with Crippen molar-refractivity contribution < 1.29 is 59.6 Å². The van der Waals surface area contributed by atoms with Crippen molar-refractivity contribution in [2.45, 2.75) is 59.3 Å². The van der Waals surface area contributed by atoms with Crippen LogP contribution in [0, 0.1) is 0 Å². The molecule has 82 heavy (non-hydrogen) atoms. The van der Waals surface area contributed by atoms with Crippen LogP contribution in [0.2, 0.25) is 0 Å². The number of hydrogen-bond acceptors (Lipinski definition) is 5. The smallest absolute Gasteiger partial charge is 0.256 e. The zero-order valence-electron chi connectivity index (χ0n) is 84.3. The van der Waals surface area contributed by atoms with Crippen LogP contribution in [0.3, 0.4) is 0 Å². The van der Waals surface area contributed by atoms with Gasteiger partial charge >= 0.3 is 0 Å². The molecule has 0 atom stereocenters. The molecule has 0 bridgehead atoms. The number of nitrogens with zero attached hydrogens (tertiary/aromatic N) is 4. The van der Waals surface area contributed by atoms with E-state index in [-0.39, 0.29) is 16.8 Å². The molecule has 0 aliphatic carbocycles. The van der Waals surface area contributed by atoms with Crippen LogP contribution in [-0.4, -0.2) is 13.4 Å². The minimum absolute atomic E-state index is 0.177. The van der Waals surface area contributed by atoms with E-state index in [1.807, 2.05) is 26.0 Å². The SMILES string of the molecule is [2H]c1c([2H])c([2H])c(N(c2c([2H])c([2H])c([2H])c([2H])c2[2H])c2c([2H])c([2H])c3c(c2[2H])N(c2c([2H])c([2H])c([2H])c([2H])c2[2H])c2c(cc4c(c2[2H])N(c2c([2H])c([2H])c([2H])c([2H])c2[2H])c2c([2H])c(N(c5c([2H])c([2H])c([2H])c([2H])c5[2H])c5c([2H])c([2H])c([2H])c([2H])c5[2H])c([2H])c5c2B4c2c([2H])c([2H])c([2H])c([2H])c2O5)B3c2c(C(C)C)cc(C(C)C)cc2C(C)C)c([2H])c1[2H]. The third kappa shape index (κ3) is 8.66. The van der Waals surface area contributed by atoms with Gasteiger partial charge < -0.3 is 24.3 Å². The Bertz CT molecular complexity index is 6280. The van der Waals surface area contributed by atoms with Crippen molar-refractivity contribution in [3.8, 4) is 11.5 Å². The summed E-state index contributed by atoms with van der Waals surface area (Å²) in [6, 6.07) is -41.4. The minimum Gasteiger partial charge on any atom is -0.458 e. The summed E-state index contributed by atoms with van der Waals surface area (Å²) in [5, 5.41) is 0. The number of para-hydroxylation sites is 7. The molecule has 7 heteroatoms.